The van der Waals surface area contributed by atoms with Crippen LogP contribution in [-0.4, -0.2) is 22.6 Å². The maximum absolute atomic E-state index is 10.9. The van der Waals surface area contributed by atoms with Crippen LogP contribution in [0.3, 0.4) is 0 Å². The van der Waals surface area contributed by atoms with Gasteiger partial charge in [-0.2, -0.15) is 0 Å². The van der Waals surface area contributed by atoms with E-state index in [1.54, 1.807) is 0 Å². The largest absolute Gasteiger partial charge is 0.224 e. The molecule has 0 spiro atoms. The summed E-state index contributed by atoms with van der Waals surface area (Å²) in [5.74, 6) is -0.139. The van der Waals surface area contributed by atoms with Gasteiger partial charge < -0.3 is 0 Å². The topological polar surface area (TPSA) is 68.3 Å². The molecule has 0 unspecified atom stereocenters. The Labute approximate surface area is 84.5 Å². The van der Waals surface area contributed by atoms with Crippen molar-refractivity contribution < 1.29 is 16.8 Å². The lowest BCUT2D eigenvalue weighted by molar-refractivity contribution is 0.603. The van der Waals surface area contributed by atoms with Crippen molar-refractivity contribution >= 4 is 19.7 Å². The van der Waals surface area contributed by atoms with Gasteiger partial charge in [0.15, 0.2) is 19.7 Å². The Morgan fingerprint density at radius 2 is 1.57 bits per heavy atom. The fraction of sp³-hybridized carbons (Fsp3) is 0.250. The van der Waals surface area contributed by atoms with E-state index in [2.05, 4.69) is 13.2 Å². The first kappa shape index (κ1) is 13.1. The summed E-state index contributed by atoms with van der Waals surface area (Å²) in [7, 11) is -6.63. The van der Waals surface area contributed by atoms with Gasteiger partial charge in [-0.05, 0) is 6.42 Å². The van der Waals surface area contributed by atoms with E-state index in [1.165, 1.54) is 6.08 Å². The summed E-state index contributed by atoms with van der Waals surface area (Å²) in [5.41, 5.74) is 0. The second-order valence-corrected chi connectivity index (χ2v) is 6.30. The lowest BCUT2D eigenvalue weighted by atomic mass is 10.5. The Bertz CT molecular complexity index is 426. The molecule has 0 saturated heterocycles. The van der Waals surface area contributed by atoms with Gasteiger partial charge in [0.1, 0.15) is 0 Å². The third kappa shape index (κ3) is 5.71. The van der Waals surface area contributed by atoms with E-state index in [-0.39, 0.29) is 12.2 Å². The van der Waals surface area contributed by atoms with E-state index in [9.17, 15) is 16.8 Å². The predicted molar refractivity (Wildman–Crippen MR) is 56.9 cm³/mol. The van der Waals surface area contributed by atoms with Crippen LogP contribution in [0.1, 0.15) is 6.42 Å². The molecule has 6 heteroatoms. The van der Waals surface area contributed by atoms with Crippen molar-refractivity contribution in [3.63, 3.8) is 0 Å². The molecule has 0 aliphatic heterocycles. The summed E-state index contributed by atoms with van der Waals surface area (Å²) in [4.78, 5) is 0. The number of sulfone groups is 2. The third-order valence-corrected chi connectivity index (χ3v) is 3.69. The van der Waals surface area contributed by atoms with E-state index in [4.69, 9.17) is 0 Å². The molecule has 0 saturated carbocycles. The lowest BCUT2D eigenvalue weighted by Gasteiger charge is -1.92. The van der Waals surface area contributed by atoms with Gasteiger partial charge in [-0.3, -0.25) is 0 Å². The minimum absolute atomic E-state index is 0.139. The van der Waals surface area contributed by atoms with Gasteiger partial charge in [0, 0.05) is 16.2 Å². The fourth-order valence-electron chi connectivity index (χ4n) is 0.573. The first-order valence-corrected chi connectivity index (χ1v) is 7.05. The van der Waals surface area contributed by atoms with E-state index in [1.807, 2.05) is 0 Å². The maximum atomic E-state index is 10.9. The van der Waals surface area contributed by atoms with Crippen molar-refractivity contribution in [2.24, 2.45) is 0 Å². The highest BCUT2D eigenvalue weighted by atomic mass is 32.2. The van der Waals surface area contributed by atoms with Gasteiger partial charge in [0.2, 0.25) is 0 Å². The average molecular weight is 236 g/mol. The van der Waals surface area contributed by atoms with Crippen LogP contribution >= 0.6 is 0 Å². The quantitative estimate of drug-likeness (QED) is 0.690. The number of hydrogen-bond donors (Lipinski definition) is 0. The van der Waals surface area contributed by atoms with Gasteiger partial charge >= 0.3 is 0 Å². The van der Waals surface area contributed by atoms with Crippen molar-refractivity contribution in [3.05, 3.63) is 35.5 Å². The minimum Gasteiger partial charge on any atom is -0.224 e. The van der Waals surface area contributed by atoms with Crippen LogP contribution in [0, 0.1) is 0 Å². The summed E-state index contributed by atoms with van der Waals surface area (Å²) in [6.07, 6.45) is 1.42. The Kier molecular flexibility index (Phi) is 4.79. The molecule has 0 heterocycles. The van der Waals surface area contributed by atoms with Crippen LogP contribution in [-0.2, 0) is 19.7 Å². The average Bonchev–Trinajstić information content (AvgIpc) is 2.13. The lowest BCUT2D eigenvalue weighted by Crippen LogP contribution is -2.00. The summed E-state index contributed by atoms with van der Waals surface area (Å²) < 4.78 is 43.4. The van der Waals surface area contributed by atoms with Crippen LogP contribution in [0.25, 0.3) is 0 Å². The van der Waals surface area contributed by atoms with E-state index in [0.29, 0.717) is 0 Å². The van der Waals surface area contributed by atoms with Crippen LogP contribution in [0.15, 0.2) is 35.5 Å². The van der Waals surface area contributed by atoms with Crippen molar-refractivity contribution in [2.75, 3.05) is 5.75 Å². The summed E-state index contributed by atoms with van der Waals surface area (Å²) in [6, 6.07) is 0. The number of hydrogen-bond acceptors (Lipinski definition) is 4. The van der Waals surface area contributed by atoms with Crippen molar-refractivity contribution in [1.82, 2.24) is 0 Å². The fourth-order valence-corrected chi connectivity index (χ4v) is 1.72. The Morgan fingerprint density at radius 3 is 2.00 bits per heavy atom. The molecule has 14 heavy (non-hydrogen) atoms. The van der Waals surface area contributed by atoms with Gasteiger partial charge in [-0.15, -0.1) is 0 Å². The smallest absolute Gasteiger partial charge is 0.192 e. The van der Waals surface area contributed by atoms with Gasteiger partial charge in [-0.25, -0.2) is 16.8 Å². The first-order valence-electron chi connectivity index (χ1n) is 3.72. The molecular weight excluding hydrogens is 224 g/mol. The molecule has 0 rings (SSSR count). The standard InChI is InChI=1S/C8H12O4S2/c1-3-13(9,10)7-5-6-8-14(11,12)4-2/h3-5,7H,1-2,6,8H2. The Balaban J connectivity index is 4.24. The zero-order chi connectivity index (χ0) is 11.2. The highest BCUT2D eigenvalue weighted by molar-refractivity contribution is 7.97. The maximum Gasteiger partial charge on any atom is 0.192 e. The predicted octanol–water partition coefficient (Wildman–Crippen LogP) is 1.01. The highest BCUT2D eigenvalue weighted by Gasteiger charge is 2.02. The molecule has 0 aliphatic rings. The third-order valence-electron chi connectivity index (χ3n) is 1.34. The first-order chi connectivity index (χ1) is 6.33. The highest BCUT2D eigenvalue weighted by Crippen LogP contribution is 1.98. The molecule has 0 N–H and O–H groups in total. The molecule has 0 aromatic rings. The molecule has 0 radical (unpaired) electrons. The molecule has 0 atom stereocenters. The molecule has 0 aromatic carbocycles. The Hall–Kier alpha value is -0.880. The second-order valence-electron chi connectivity index (χ2n) is 2.45. The van der Waals surface area contributed by atoms with Gasteiger partial charge in [0.05, 0.1) is 5.75 Å². The SMILES string of the molecule is C=CS(=O)(=O)C=CCCS(=O)(=O)C=C. The zero-order valence-electron chi connectivity index (χ0n) is 7.59. The van der Waals surface area contributed by atoms with Crippen LogP contribution in [0.5, 0.6) is 0 Å². The molecule has 0 aliphatic carbocycles. The molecule has 4 nitrogen and oxygen atoms in total. The monoisotopic (exact) mass is 236 g/mol. The number of allylic oxidation sites excluding steroid dienone is 1. The second kappa shape index (κ2) is 5.11. The van der Waals surface area contributed by atoms with E-state index < -0.39 is 19.7 Å². The minimum atomic E-state index is -3.38. The van der Waals surface area contributed by atoms with Gasteiger partial charge in [0.25, 0.3) is 0 Å². The Morgan fingerprint density at radius 1 is 1.00 bits per heavy atom. The van der Waals surface area contributed by atoms with Crippen molar-refractivity contribution in [1.29, 1.82) is 0 Å². The molecular formula is C8H12O4S2. The summed E-state index contributed by atoms with van der Waals surface area (Å²) >= 11 is 0. The van der Waals surface area contributed by atoms with Crippen molar-refractivity contribution in [3.8, 4) is 0 Å². The van der Waals surface area contributed by atoms with E-state index >= 15 is 0 Å². The molecule has 0 fully saturated rings. The number of rotatable bonds is 6. The van der Waals surface area contributed by atoms with E-state index in [0.717, 1.165) is 16.2 Å². The molecule has 0 aromatic heterocycles. The summed E-state index contributed by atoms with van der Waals surface area (Å²) in [6.45, 7) is 6.23. The molecule has 0 bridgehead atoms. The van der Waals surface area contributed by atoms with Crippen LogP contribution in [0.2, 0.25) is 0 Å². The summed E-state index contributed by atoms with van der Waals surface area (Å²) in [5, 5.41) is 2.58. The molecule has 0 amide bonds. The zero-order valence-corrected chi connectivity index (χ0v) is 9.22. The van der Waals surface area contributed by atoms with Crippen LogP contribution < -0.4 is 0 Å². The van der Waals surface area contributed by atoms with Crippen molar-refractivity contribution in [2.45, 2.75) is 6.42 Å². The van der Waals surface area contributed by atoms with Gasteiger partial charge in [-0.1, -0.05) is 19.2 Å². The normalized spacial score (nSPS) is 12.9. The molecule has 80 valence electrons. The van der Waals surface area contributed by atoms with Crippen LogP contribution in [0.4, 0.5) is 0 Å².